The molecule has 2 aromatic carbocycles. The zero-order valence-electron chi connectivity index (χ0n) is 16.2. The van der Waals surface area contributed by atoms with Crippen molar-refractivity contribution in [3.63, 3.8) is 0 Å². The number of rotatable bonds is 5. The number of nitrogens with zero attached hydrogens (tertiary/aromatic N) is 6. The van der Waals surface area contributed by atoms with Crippen molar-refractivity contribution in [2.75, 3.05) is 0 Å². The molecule has 3 heterocycles. The van der Waals surface area contributed by atoms with E-state index in [0.29, 0.717) is 23.4 Å². The monoisotopic (exact) mass is 418 g/mol. The SMILES string of the molecule is O=c1c2cc(-c3ccc(F)cc3)nn2ccn1Cc1cn(Cc2cccc(F)c2)nn1. The largest absolute Gasteiger partial charge is 0.306 e. The highest BCUT2D eigenvalue weighted by Gasteiger charge is 2.11. The van der Waals surface area contributed by atoms with Gasteiger partial charge in [-0.15, -0.1) is 5.10 Å². The molecule has 0 fully saturated rings. The molecule has 31 heavy (non-hydrogen) atoms. The Kier molecular flexibility index (Phi) is 4.62. The van der Waals surface area contributed by atoms with Gasteiger partial charge in [-0.3, -0.25) is 4.79 Å². The smallest absolute Gasteiger partial charge is 0.276 e. The molecule has 5 aromatic rings. The van der Waals surface area contributed by atoms with Crippen molar-refractivity contribution in [2.45, 2.75) is 13.1 Å². The lowest BCUT2D eigenvalue weighted by Crippen LogP contribution is -2.21. The molecule has 0 aliphatic carbocycles. The van der Waals surface area contributed by atoms with Crippen molar-refractivity contribution in [3.05, 3.63) is 106 Å². The van der Waals surface area contributed by atoms with Crippen LogP contribution in [0.25, 0.3) is 16.8 Å². The van der Waals surface area contributed by atoms with Crippen LogP contribution in [0.2, 0.25) is 0 Å². The van der Waals surface area contributed by atoms with Gasteiger partial charge in [0.05, 0.1) is 25.0 Å². The summed E-state index contributed by atoms with van der Waals surface area (Å²) in [5.41, 5.74) is 2.83. The molecule has 7 nitrogen and oxygen atoms in total. The molecule has 0 spiro atoms. The van der Waals surface area contributed by atoms with Crippen molar-refractivity contribution < 1.29 is 8.78 Å². The third-order valence-electron chi connectivity index (χ3n) is 4.90. The molecule has 0 aliphatic rings. The number of aromatic nitrogens is 6. The van der Waals surface area contributed by atoms with Gasteiger partial charge in [0.2, 0.25) is 0 Å². The second kappa shape index (κ2) is 7.60. The van der Waals surface area contributed by atoms with Gasteiger partial charge in [0.1, 0.15) is 22.8 Å². The molecule has 0 bridgehead atoms. The predicted molar refractivity (Wildman–Crippen MR) is 109 cm³/mol. The molecule has 0 atom stereocenters. The van der Waals surface area contributed by atoms with Crippen LogP contribution in [0.3, 0.4) is 0 Å². The van der Waals surface area contributed by atoms with Crippen LogP contribution in [0.5, 0.6) is 0 Å². The van der Waals surface area contributed by atoms with Gasteiger partial charge in [0, 0.05) is 18.0 Å². The minimum Gasteiger partial charge on any atom is -0.306 e. The summed E-state index contributed by atoms with van der Waals surface area (Å²) in [6.45, 7) is 0.609. The summed E-state index contributed by atoms with van der Waals surface area (Å²) in [5, 5.41) is 12.6. The maximum atomic E-state index is 13.4. The second-order valence-corrected chi connectivity index (χ2v) is 7.13. The van der Waals surface area contributed by atoms with Crippen LogP contribution in [0, 0.1) is 11.6 Å². The summed E-state index contributed by atoms with van der Waals surface area (Å²) in [6, 6.07) is 13.9. The summed E-state index contributed by atoms with van der Waals surface area (Å²) in [7, 11) is 0. The first kappa shape index (κ1) is 18.9. The molecule has 0 saturated carbocycles. The van der Waals surface area contributed by atoms with E-state index in [0.717, 1.165) is 11.1 Å². The quantitative estimate of drug-likeness (QED) is 0.440. The Bertz CT molecular complexity index is 1430. The first-order valence-corrected chi connectivity index (χ1v) is 9.53. The highest BCUT2D eigenvalue weighted by atomic mass is 19.1. The third-order valence-corrected chi connectivity index (χ3v) is 4.90. The van der Waals surface area contributed by atoms with Gasteiger partial charge < -0.3 is 4.57 Å². The molecular weight excluding hydrogens is 402 g/mol. The molecule has 5 rings (SSSR count). The highest BCUT2D eigenvalue weighted by molar-refractivity contribution is 5.65. The first-order chi connectivity index (χ1) is 15.0. The molecule has 0 radical (unpaired) electrons. The van der Waals surface area contributed by atoms with Crippen LogP contribution >= 0.6 is 0 Å². The normalized spacial score (nSPS) is 11.3. The van der Waals surface area contributed by atoms with Crippen LogP contribution in [-0.4, -0.2) is 29.2 Å². The third kappa shape index (κ3) is 3.85. The Morgan fingerprint density at radius 2 is 1.74 bits per heavy atom. The van der Waals surface area contributed by atoms with Gasteiger partial charge in [-0.05, 0) is 48.0 Å². The standard InChI is InChI=1S/C22H16F2N6O/c23-17-6-4-16(5-7-17)20-11-21-22(31)28(8-9-30(21)26-20)13-19-14-29(27-25-19)12-15-2-1-3-18(24)10-15/h1-11,14H,12-13H2. The van der Waals surface area contributed by atoms with Crippen LogP contribution in [0.1, 0.15) is 11.3 Å². The van der Waals surface area contributed by atoms with Crippen molar-refractivity contribution in [3.8, 4) is 11.3 Å². The van der Waals surface area contributed by atoms with Crippen molar-refractivity contribution in [2.24, 2.45) is 0 Å². The average Bonchev–Trinajstić information content (AvgIpc) is 3.38. The lowest BCUT2D eigenvalue weighted by molar-refractivity contribution is 0.614. The van der Waals surface area contributed by atoms with Crippen LogP contribution in [0.15, 0.2) is 78.0 Å². The summed E-state index contributed by atoms with van der Waals surface area (Å²) >= 11 is 0. The van der Waals surface area contributed by atoms with Gasteiger partial charge in [0.15, 0.2) is 0 Å². The second-order valence-electron chi connectivity index (χ2n) is 7.13. The fourth-order valence-corrected chi connectivity index (χ4v) is 3.40. The number of hydrogen-bond acceptors (Lipinski definition) is 4. The average molecular weight is 418 g/mol. The van der Waals surface area contributed by atoms with E-state index in [2.05, 4.69) is 15.4 Å². The number of fused-ring (bicyclic) bond motifs is 1. The molecule has 0 unspecified atom stereocenters. The van der Waals surface area contributed by atoms with E-state index in [1.807, 2.05) is 0 Å². The van der Waals surface area contributed by atoms with E-state index >= 15 is 0 Å². The number of halogens is 2. The Balaban J connectivity index is 1.39. The summed E-state index contributed by atoms with van der Waals surface area (Å²) < 4.78 is 31.1. The zero-order valence-corrected chi connectivity index (χ0v) is 16.2. The minimum absolute atomic E-state index is 0.232. The maximum absolute atomic E-state index is 13.4. The molecule has 3 aromatic heterocycles. The Morgan fingerprint density at radius 3 is 2.55 bits per heavy atom. The highest BCUT2D eigenvalue weighted by Crippen LogP contribution is 2.18. The van der Waals surface area contributed by atoms with E-state index in [9.17, 15) is 13.6 Å². The van der Waals surface area contributed by atoms with Gasteiger partial charge in [-0.25, -0.2) is 18.0 Å². The van der Waals surface area contributed by atoms with Gasteiger partial charge in [-0.1, -0.05) is 17.3 Å². The van der Waals surface area contributed by atoms with E-state index in [1.165, 1.54) is 33.3 Å². The first-order valence-electron chi connectivity index (χ1n) is 9.53. The topological polar surface area (TPSA) is 70.0 Å². The number of hydrogen-bond donors (Lipinski definition) is 0. The van der Waals surface area contributed by atoms with Gasteiger partial charge in [-0.2, -0.15) is 5.10 Å². The molecule has 0 amide bonds. The molecule has 9 heteroatoms. The van der Waals surface area contributed by atoms with Crippen LogP contribution in [-0.2, 0) is 13.1 Å². The van der Waals surface area contributed by atoms with Crippen LogP contribution < -0.4 is 5.56 Å². The Hall–Kier alpha value is -4.14. The fourth-order valence-electron chi connectivity index (χ4n) is 3.40. The molecule has 0 saturated heterocycles. The molecule has 0 N–H and O–H groups in total. The zero-order chi connectivity index (χ0) is 21.4. The fraction of sp³-hybridized carbons (Fsp3) is 0.0909. The van der Waals surface area contributed by atoms with E-state index in [1.54, 1.807) is 53.6 Å². The number of benzene rings is 2. The van der Waals surface area contributed by atoms with Gasteiger partial charge in [0.25, 0.3) is 5.56 Å². The molecular formula is C22H16F2N6O. The Labute approximate surface area is 174 Å². The van der Waals surface area contributed by atoms with E-state index in [4.69, 9.17) is 0 Å². The lowest BCUT2D eigenvalue weighted by atomic mass is 10.1. The molecule has 154 valence electrons. The summed E-state index contributed by atoms with van der Waals surface area (Å²) in [4.78, 5) is 12.9. The van der Waals surface area contributed by atoms with E-state index < -0.39 is 0 Å². The van der Waals surface area contributed by atoms with Crippen LogP contribution in [0.4, 0.5) is 8.78 Å². The van der Waals surface area contributed by atoms with Crippen molar-refractivity contribution >= 4 is 5.52 Å². The maximum Gasteiger partial charge on any atom is 0.276 e. The molecule has 0 aliphatic heterocycles. The Morgan fingerprint density at radius 1 is 0.903 bits per heavy atom. The lowest BCUT2D eigenvalue weighted by Gasteiger charge is -2.03. The predicted octanol–water partition coefficient (Wildman–Crippen LogP) is 3.13. The van der Waals surface area contributed by atoms with Crippen molar-refractivity contribution in [1.82, 2.24) is 29.2 Å². The summed E-state index contributed by atoms with van der Waals surface area (Å²) in [6.07, 6.45) is 5.03. The summed E-state index contributed by atoms with van der Waals surface area (Å²) in [5.74, 6) is -0.640. The minimum atomic E-state index is -0.333. The van der Waals surface area contributed by atoms with E-state index in [-0.39, 0.29) is 23.7 Å². The van der Waals surface area contributed by atoms with Crippen molar-refractivity contribution in [1.29, 1.82) is 0 Å². The van der Waals surface area contributed by atoms with Gasteiger partial charge >= 0.3 is 0 Å².